The molecule has 0 aliphatic rings. The first-order valence-electron chi connectivity index (χ1n) is 5.89. The topological polar surface area (TPSA) is 60.5 Å². The molecule has 21 heavy (non-hydrogen) atoms. The molecule has 0 aliphatic heterocycles. The number of amides is 1. The highest BCUT2D eigenvalue weighted by Crippen LogP contribution is 2.27. The molecule has 0 spiro atoms. The van der Waals surface area contributed by atoms with Gasteiger partial charge in [-0.1, -0.05) is 11.6 Å². The quantitative estimate of drug-likeness (QED) is 0.831. The van der Waals surface area contributed by atoms with Crippen LogP contribution in [0.25, 0.3) is 0 Å². The molecular weight excluding hydrogens is 360 g/mol. The average molecular weight is 372 g/mol. The maximum absolute atomic E-state index is 12.2. The molecule has 2 aromatic rings. The lowest BCUT2D eigenvalue weighted by Crippen LogP contribution is -2.13. The molecule has 0 radical (unpaired) electrons. The minimum absolute atomic E-state index is 0.130. The fourth-order valence-corrected chi connectivity index (χ4v) is 2.18. The largest absolute Gasteiger partial charge is 0.497 e. The second kappa shape index (κ2) is 6.78. The third kappa shape index (κ3) is 3.86. The van der Waals surface area contributed by atoms with Gasteiger partial charge in [-0.3, -0.25) is 4.79 Å². The molecule has 0 bridgehead atoms. The SMILES string of the molecule is COc1cc(NC(=O)c2cc(Br)cnc2Cl)cc(OC)c1. The van der Waals surface area contributed by atoms with E-state index in [0.29, 0.717) is 21.7 Å². The summed E-state index contributed by atoms with van der Waals surface area (Å²) in [5, 5.41) is 2.86. The van der Waals surface area contributed by atoms with E-state index in [2.05, 4.69) is 26.2 Å². The Morgan fingerprint density at radius 3 is 2.38 bits per heavy atom. The van der Waals surface area contributed by atoms with E-state index in [0.717, 1.165) is 0 Å². The van der Waals surface area contributed by atoms with Gasteiger partial charge in [-0.25, -0.2) is 4.98 Å². The second-order valence-electron chi connectivity index (χ2n) is 4.05. The fourth-order valence-electron chi connectivity index (χ4n) is 1.66. The maximum atomic E-state index is 12.2. The van der Waals surface area contributed by atoms with Crippen LogP contribution in [0.5, 0.6) is 11.5 Å². The molecule has 5 nitrogen and oxygen atoms in total. The van der Waals surface area contributed by atoms with Gasteiger partial charge < -0.3 is 14.8 Å². The van der Waals surface area contributed by atoms with Crippen molar-refractivity contribution in [2.75, 3.05) is 19.5 Å². The summed E-state index contributed by atoms with van der Waals surface area (Å²) in [6, 6.07) is 6.67. The minimum Gasteiger partial charge on any atom is -0.497 e. The first-order chi connectivity index (χ1) is 10.0. The standard InChI is InChI=1S/C14H12BrClN2O3/c1-20-10-4-9(5-11(6-10)21-2)18-14(19)12-3-8(15)7-17-13(12)16/h3-7H,1-2H3,(H,18,19). The van der Waals surface area contributed by atoms with Crippen LogP contribution in [-0.2, 0) is 0 Å². The molecule has 1 aromatic carbocycles. The zero-order valence-electron chi connectivity index (χ0n) is 11.3. The molecule has 0 aliphatic carbocycles. The molecule has 110 valence electrons. The number of rotatable bonds is 4. The third-order valence-corrected chi connectivity index (χ3v) is 3.39. The maximum Gasteiger partial charge on any atom is 0.258 e. The summed E-state index contributed by atoms with van der Waals surface area (Å²) in [5.41, 5.74) is 0.806. The fraction of sp³-hybridized carbons (Fsp3) is 0.143. The molecule has 1 aromatic heterocycles. The Kier molecular flexibility index (Phi) is 5.03. The Morgan fingerprint density at radius 1 is 1.19 bits per heavy atom. The van der Waals surface area contributed by atoms with Crippen LogP contribution in [0.1, 0.15) is 10.4 Å². The van der Waals surface area contributed by atoms with E-state index >= 15 is 0 Å². The number of aromatic nitrogens is 1. The molecule has 2 rings (SSSR count). The molecule has 7 heteroatoms. The Hall–Kier alpha value is -1.79. The van der Waals surface area contributed by atoms with Crippen LogP contribution >= 0.6 is 27.5 Å². The number of carbonyl (C=O) groups excluding carboxylic acids is 1. The number of nitrogens with one attached hydrogen (secondary N) is 1. The highest BCUT2D eigenvalue weighted by molar-refractivity contribution is 9.10. The zero-order valence-corrected chi connectivity index (χ0v) is 13.7. The molecular formula is C14H12BrClN2O3. The van der Waals surface area contributed by atoms with Crippen molar-refractivity contribution < 1.29 is 14.3 Å². The predicted octanol–water partition coefficient (Wildman–Crippen LogP) is 3.77. The van der Waals surface area contributed by atoms with Crippen LogP contribution in [0.2, 0.25) is 5.15 Å². The monoisotopic (exact) mass is 370 g/mol. The number of benzene rings is 1. The summed E-state index contributed by atoms with van der Waals surface area (Å²) in [4.78, 5) is 16.2. The molecule has 0 saturated carbocycles. The van der Waals surface area contributed by atoms with Crippen molar-refractivity contribution in [3.63, 3.8) is 0 Å². The predicted molar refractivity (Wildman–Crippen MR) is 84.4 cm³/mol. The summed E-state index contributed by atoms with van der Waals surface area (Å²) in [6.45, 7) is 0. The van der Waals surface area contributed by atoms with Crippen molar-refractivity contribution in [3.8, 4) is 11.5 Å². The summed E-state index contributed by atoms with van der Waals surface area (Å²) >= 11 is 9.19. The number of anilines is 1. The second-order valence-corrected chi connectivity index (χ2v) is 5.32. The molecule has 1 N–H and O–H groups in total. The van der Waals surface area contributed by atoms with Crippen molar-refractivity contribution in [2.24, 2.45) is 0 Å². The van der Waals surface area contributed by atoms with Gasteiger partial charge in [0.25, 0.3) is 5.91 Å². The Morgan fingerprint density at radius 2 is 1.81 bits per heavy atom. The van der Waals surface area contributed by atoms with Gasteiger partial charge in [-0.2, -0.15) is 0 Å². The van der Waals surface area contributed by atoms with Gasteiger partial charge in [0, 0.05) is 34.6 Å². The van der Waals surface area contributed by atoms with Crippen LogP contribution in [0, 0.1) is 0 Å². The van der Waals surface area contributed by atoms with E-state index < -0.39 is 0 Å². The number of hydrogen-bond donors (Lipinski definition) is 1. The molecule has 0 fully saturated rings. The number of carbonyl (C=O) groups is 1. The van der Waals surface area contributed by atoms with E-state index in [4.69, 9.17) is 21.1 Å². The lowest BCUT2D eigenvalue weighted by Gasteiger charge is -2.10. The van der Waals surface area contributed by atoms with Gasteiger partial charge in [0.1, 0.15) is 16.7 Å². The normalized spacial score (nSPS) is 10.1. The first-order valence-corrected chi connectivity index (χ1v) is 7.06. The van der Waals surface area contributed by atoms with Crippen LogP contribution in [0.3, 0.4) is 0 Å². The Balaban J connectivity index is 2.28. The molecule has 0 saturated heterocycles. The van der Waals surface area contributed by atoms with E-state index in [-0.39, 0.29) is 16.6 Å². The lowest BCUT2D eigenvalue weighted by atomic mass is 10.2. The number of hydrogen-bond acceptors (Lipinski definition) is 4. The lowest BCUT2D eigenvalue weighted by molar-refractivity contribution is 0.102. The molecule has 0 atom stereocenters. The Bertz CT molecular complexity index is 657. The first kappa shape index (κ1) is 15.6. The van der Waals surface area contributed by atoms with Crippen molar-refractivity contribution in [1.29, 1.82) is 0 Å². The van der Waals surface area contributed by atoms with E-state index in [1.807, 2.05) is 0 Å². The van der Waals surface area contributed by atoms with Gasteiger partial charge in [-0.05, 0) is 22.0 Å². The number of ether oxygens (including phenoxy) is 2. The van der Waals surface area contributed by atoms with Crippen molar-refractivity contribution in [1.82, 2.24) is 4.98 Å². The molecule has 0 unspecified atom stereocenters. The summed E-state index contributed by atoms with van der Waals surface area (Å²) < 4.78 is 11.0. The highest BCUT2D eigenvalue weighted by Gasteiger charge is 2.13. The van der Waals surface area contributed by atoms with Gasteiger partial charge >= 0.3 is 0 Å². The highest BCUT2D eigenvalue weighted by atomic mass is 79.9. The zero-order chi connectivity index (χ0) is 15.4. The van der Waals surface area contributed by atoms with E-state index in [1.165, 1.54) is 20.4 Å². The number of pyridine rings is 1. The van der Waals surface area contributed by atoms with Gasteiger partial charge in [0.15, 0.2) is 0 Å². The van der Waals surface area contributed by atoms with E-state index in [1.54, 1.807) is 24.3 Å². The number of methoxy groups -OCH3 is 2. The summed E-state index contributed by atoms with van der Waals surface area (Å²) in [6.07, 6.45) is 1.52. The number of nitrogens with zero attached hydrogens (tertiary/aromatic N) is 1. The third-order valence-electron chi connectivity index (χ3n) is 2.66. The van der Waals surface area contributed by atoms with Crippen molar-refractivity contribution in [3.05, 3.63) is 45.7 Å². The van der Waals surface area contributed by atoms with Crippen molar-refractivity contribution in [2.45, 2.75) is 0 Å². The van der Waals surface area contributed by atoms with Crippen LogP contribution < -0.4 is 14.8 Å². The van der Waals surface area contributed by atoms with Crippen LogP contribution in [0.4, 0.5) is 5.69 Å². The van der Waals surface area contributed by atoms with Gasteiger partial charge in [0.05, 0.1) is 19.8 Å². The summed E-state index contributed by atoms with van der Waals surface area (Å²) in [7, 11) is 3.07. The van der Waals surface area contributed by atoms with Crippen LogP contribution in [-0.4, -0.2) is 25.1 Å². The Labute approximate surface area is 135 Å². The summed E-state index contributed by atoms with van der Waals surface area (Å²) in [5.74, 6) is 0.773. The molecule has 1 heterocycles. The molecule has 1 amide bonds. The van der Waals surface area contributed by atoms with Gasteiger partial charge in [0.2, 0.25) is 0 Å². The van der Waals surface area contributed by atoms with Gasteiger partial charge in [-0.15, -0.1) is 0 Å². The van der Waals surface area contributed by atoms with Crippen molar-refractivity contribution >= 4 is 39.1 Å². The smallest absolute Gasteiger partial charge is 0.258 e. The number of halogens is 2. The van der Waals surface area contributed by atoms with E-state index in [9.17, 15) is 4.79 Å². The minimum atomic E-state index is -0.371. The van der Waals surface area contributed by atoms with Crippen LogP contribution in [0.15, 0.2) is 34.9 Å². The average Bonchev–Trinajstić information content (AvgIpc) is 2.49.